The molecule has 5 rings (SSSR count). The first-order valence-corrected chi connectivity index (χ1v) is 12.4. The number of methoxy groups -OCH3 is 1. The van der Waals surface area contributed by atoms with Crippen molar-refractivity contribution < 1.29 is 14.3 Å². The van der Waals surface area contributed by atoms with Gasteiger partial charge in [0.1, 0.15) is 11.4 Å². The van der Waals surface area contributed by atoms with Gasteiger partial charge in [-0.05, 0) is 49.6 Å². The van der Waals surface area contributed by atoms with Crippen LogP contribution in [-0.4, -0.2) is 65.5 Å². The zero-order valence-corrected chi connectivity index (χ0v) is 21.5. The van der Waals surface area contributed by atoms with Gasteiger partial charge in [0.2, 0.25) is 0 Å². The summed E-state index contributed by atoms with van der Waals surface area (Å²) in [7, 11) is 5.07. The highest BCUT2D eigenvalue weighted by Crippen LogP contribution is 2.36. The summed E-state index contributed by atoms with van der Waals surface area (Å²) in [5.74, 6) is 0.595. The molecule has 0 spiro atoms. The Morgan fingerprint density at radius 3 is 2.65 bits per heavy atom. The number of aromatic amines is 1. The van der Waals surface area contributed by atoms with Crippen molar-refractivity contribution in [3.05, 3.63) is 66.5 Å². The Kier molecular flexibility index (Phi) is 6.56. The molecule has 37 heavy (non-hydrogen) atoms. The number of ether oxygens (including phenoxy) is 1. The largest absolute Gasteiger partial charge is 0.496 e. The van der Waals surface area contributed by atoms with Crippen LogP contribution in [0.3, 0.4) is 0 Å². The minimum Gasteiger partial charge on any atom is -0.496 e. The minimum absolute atomic E-state index is 0.178. The number of hydrogen-bond donors (Lipinski definition) is 2. The number of nitrogens with zero attached hydrogens (tertiary/aromatic N) is 3. The lowest BCUT2D eigenvalue weighted by Crippen LogP contribution is -2.37. The summed E-state index contributed by atoms with van der Waals surface area (Å²) in [6.07, 6.45) is 5.69. The topological polar surface area (TPSA) is 90.6 Å². The molecule has 1 fully saturated rings. The predicted octanol–water partition coefficient (Wildman–Crippen LogP) is 5.62. The molecule has 1 aliphatic heterocycles. The van der Waals surface area contributed by atoms with E-state index < -0.39 is 0 Å². The number of carbonyl (C=O) groups excluding carboxylic acids is 2. The highest BCUT2D eigenvalue weighted by molar-refractivity contribution is 6.05. The van der Waals surface area contributed by atoms with E-state index in [1.807, 2.05) is 54.4 Å². The van der Waals surface area contributed by atoms with Gasteiger partial charge in [-0.2, -0.15) is 0 Å². The Hall–Kier alpha value is -4.33. The van der Waals surface area contributed by atoms with Crippen molar-refractivity contribution in [1.29, 1.82) is 0 Å². The molecule has 1 saturated heterocycles. The first-order valence-electron chi connectivity index (χ1n) is 12.4. The van der Waals surface area contributed by atoms with E-state index in [1.54, 1.807) is 33.5 Å². The Bertz CT molecular complexity index is 1480. The first-order chi connectivity index (χ1) is 17.9. The molecule has 0 bridgehead atoms. The number of para-hydroxylation sites is 1. The number of hydrogen-bond acceptors (Lipinski definition) is 4. The minimum atomic E-state index is -0.183. The maximum absolute atomic E-state index is 13.1. The Morgan fingerprint density at radius 1 is 1.11 bits per heavy atom. The molecule has 2 aromatic carbocycles. The van der Waals surface area contributed by atoms with Gasteiger partial charge in [0.15, 0.2) is 0 Å². The van der Waals surface area contributed by atoms with Crippen LogP contribution in [0.25, 0.3) is 33.3 Å². The lowest BCUT2D eigenvalue weighted by Gasteiger charge is -2.23. The number of carbonyl (C=O) groups is 2. The highest BCUT2D eigenvalue weighted by atomic mass is 16.5. The summed E-state index contributed by atoms with van der Waals surface area (Å²) < 4.78 is 5.57. The maximum atomic E-state index is 13.1. The van der Waals surface area contributed by atoms with Gasteiger partial charge in [0.25, 0.3) is 5.91 Å². The van der Waals surface area contributed by atoms with Gasteiger partial charge in [-0.25, -0.2) is 9.78 Å². The smallest absolute Gasteiger partial charge is 0.322 e. The van der Waals surface area contributed by atoms with Gasteiger partial charge in [-0.15, -0.1) is 0 Å². The number of likely N-dealkylation sites (tertiary alicyclic amines) is 1. The number of anilines is 1. The number of amides is 3. The number of nitrogens with one attached hydrogen (secondary N) is 2. The fourth-order valence-electron chi connectivity index (χ4n) is 4.92. The summed E-state index contributed by atoms with van der Waals surface area (Å²) in [5.41, 5.74) is 5.33. The van der Waals surface area contributed by atoms with Crippen LogP contribution in [0.2, 0.25) is 0 Å². The molecule has 0 aliphatic carbocycles. The zero-order chi connectivity index (χ0) is 26.1. The second kappa shape index (κ2) is 9.97. The van der Waals surface area contributed by atoms with E-state index in [9.17, 15) is 9.59 Å². The predicted molar refractivity (Wildman–Crippen MR) is 146 cm³/mol. The quantitative estimate of drug-likeness (QED) is 0.374. The van der Waals surface area contributed by atoms with Crippen LogP contribution in [-0.2, 0) is 0 Å². The van der Waals surface area contributed by atoms with Gasteiger partial charge in [-0.3, -0.25) is 4.79 Å². The van der Waals surface area contributed by atoms with Crippen LogP contribution >= 0.6 is 0 Å². The second-order valence-electron chi connectivity index (χ2n) is 9.60. The molecule has 8 heteroatoms. The SMILES string of the molecule is COc1ccccc1-c1c[nH]c2ncc(-c3ccc(NC(=O)N4CCC[C@H]4C)c(C(=O)N(C)C)c3)cc12. The number of urea groups is 1. The van der Waals surface area contributed by atoms with E-state index in [1.165, 1.54) is 4.90 Å². The number of pyridine rings is 1. The van der Waals surface area contributed by atoms with E-state index in [0.29, 0.717) is 11.3 Å². The summed E-state index contributed by atoms with van der Waals surface area (Å²) in [6, 6.07) is 15.5. The Labute approximate surface area is 216 Å². The van der Waals surface area contributed by atoms with Gasteiger partial charge >= 0.3 is 6.03 Å². The molecular weight excluding hydrogens is 466 g/mol. The summed E-state index contributed by atoms with van der Waals surface area (Å²) in [6.45, 7) is 2.77. The molecule has 4 aromatic rings. The number of benzene rings is 2. The van der Waals surface area contributed by atoms with Crippen molar-refractivity contribution in [2.45, 2.75) is 25.8 Å². The molecule has 0 unspecified atom stereocenters. The average Bonchev–Trinajstić information content (AvgIpc) is 3.54. The molecule has 2 N–H and O–H groups in total. The lowest BCUT2D eigenvalue weighted by atomic mass is 9.99. The first kappa shape index (κ1) is 24.4. The van der Waals surface area contributed by atoms with E-state index in [4.69, 9.17) is 4.74 Å². The second-order valence-corrected chi connectivity index (χ2v) is 9.60. The molecule has 190 valence electrons. The molecule has 3 heterocycles. The Morgan fingerprint density at radius 2 is 1.92 bits per heavy atom. The van der Waals surface area contributed by atoms with E-state index in [2.05, 4.69) is 21.4 Å². The van der Waals surface area contributed by atoms with Gasteiger partial charge in [0.05, 0.1) is 18.4 Å². The average molecular weight is 498 g/mol. The van der Waals surface area contributed by atoms with Crippen LogP contribution in [0, 0.1) is 0 Å². The molecule has 0 saturated carbocycles. The van der Waals surface area contributed by atoms with Crippen molar-refractivity contribution in [2.75, 3.05) is 33.1 Å². The third kappa shape index (κ3) is 4.62. The van der Waals surface area contributed by atoms with Crippen LogP contribution in [0.5, 0.6) is 5.75 Å². The van der Waals surface area contributed by atoms with Crippen LogP contribution in [0.4, 0.5) is 10.5 Å². The lowest BCUT2D eigenvalue weighted by molar-refractivity contribution is 0.0828. The standard InChI is InChI=1S/C29H31N5O3/c1-18-8-7-13-34(18)29(36)32-25-12-11-19(14-23(25)28(35)33(2)3)20-15-22-24(17-31-27(22)30-16-20)21-9-5-6-10-26(21)37-4/h5-6,9-12,14-18H,7-8,13H2,1-4H3,(H,30,31)(H,32,36)/t18-/m1/s1. The molecule has 3 amide bonds. The van der Waals surface area contributed by atoms with Crippen LogP contribution < -0.4 is 10.1 Å². The monoisotopic (exact) mass is 497 g/mol. The number of aromatic nitrogens is 2. The van der Waals surface area contributed by atoms with Gasteiger partial charge < -0.3 is 24.8 Å². The zero-order valence-electron chi connectivity index (χ0n) is 21.5. The maximum Gasteiger partial charge on any atom is 0.322 e. The number of H-pyrrole nitrogens is 1. The van der Waals surface area contributed by atoms with Gasteiger partial charge in [-0.1, -0.05) is 24.3 Å². The summed E-state index contributed by atoms with van der Waals surface area (Å²) in [5, 5.41) is 3.92. The van der Waals surface area contributed by atoms with E-state index in [0.717, 1.165) is 58.4 Å². The molecular formula is C29H31N5O3. The fraction of sp³-hybridized carbons (Fsp3) is 0.276. The molecule has 2 aromatic heterocycles. The molecule has 1 atom stereocenters. The van der Waals surface area contributed by atoms with Crippen molar-refractivity contribution in [2.24, 2.45) is 0 Å². The van der Waals surface area contributed by atoms with Crippen molar-refractivity contribution in [3.8, 4) is 28.0 Å². The summed E-state index contributed by atoms with van der Waals surface area (Å²) >= 11 is 0. The van der Waals surface area contributed by atoms with Crippen LogP contribution in [0.15, 0.2) is 60.9 Å². The van der Waals surface area contributed by atoms with Crippen molar-refractivity contribution >= 4 is 28.7 Å². The normalized spacial score (nSPS) is 15.1. The third-order valence-corrected chi connectivity index (χ3v) is 6.97. The Balaban J connectivity index is 1.54. The molecule has 0 radical (unpaired) electrons. The van der Waals surface area contributed by atoms with Crippen LogP contribution in [0.1, 0.15) is 30.1 Å². The van der Waals surface area contributed by atoms with E-state index in [-0.39, 0.29) is 18.0 Å². The number of fused-ring (bicyclic) bond motifs is 1. The van der Waals surface area contributed by atoms with E-state index >= 15 is 0 Å². The third-order valence-electron chi connectivity index (χ3n) is 6.97. The molecule has 1 aliphatic rings. The van der Waals surface area contributed by atoms with Crippen molar-refractivity contribution in [3.63, 3.8) is 0 Å². The summed E-state index contributed by atoms with van der Waals surface area (Å²) in [4.78, 5) is 37.3. The fourth-order valence-corrected chi connectivity index (χ4v) is 4.92. The van der Waals surface area contributed by atoms with Gasteiger partial charge in [0, 0.05) is 61.2 Å². The highest BCUT2D eigenvalue weighted by Gasteiger charge is 2.26. The molecule has 8 nitrogen and oxygen atoms in total. The number of rotatable bonds is 5. The van der Waals surface area contributed by atoms with Crippen molar-refractivity contribution in [1.82, 2.24) is 19.8 Å².